The lowest BCUT2D eigenvalue weighted by molar-refractivity contribution is -0.138. The maximum atomic E-state index is 12.5. The van der Waals surface area contributed by atoms with Gasteiger partial charge in [0.25, 0.3) is 0 Å². The average molecular weight is 347 g/mol. The van der Waals surface area contributed by atoms with Crippen LogP contribution in [0.2, 0.25) is 0 Å². The average Bonchev–Trinajstić information content (AvgIpc) is 2.97. The van der Waals surface area contributed by atoms with Gasteiger partial charge in [-0.3, -0.25) is 4.79 Å². The molecule has 1 saturated carbocycles. The maximum Gasteiger partial charge on any atom is 0.225 e. The van der Waals surface area contributed by atoms with Crippen LogP contribution in [0.5, 0.6) is 5.75 Å². The smallest absolute Gasteiger partial charge is 0.225 e. The Hall–Kier alpha value is -1.59. The molecule has 1 unspecified atom stereocenters. The number of ether oxygens (including phenoxy) is 1. The number of rotatable bonds is 5. The first-order chi connectivity index (χ1) is 11.9. The molecule has 2 N–H and O–H groups in total. The van der Waals surface area contributed by atoms with Crippen molar-refractivity contribution in [2.45, 2.75) is 63.1 Å². The molecule has 5 heteroatoms. The number of hydrogen-bond donors (Lipinski definition) is 2. The first-order valence-corrected chi connectivity index (χ1v) is 9.30. The highest BCUT2D eigenvalue weighted by Crippen LogP contribution is 2.32. The van der Waals surface area contributed by atoms with Gasteiger partial charge < -0.3 is 19.8 Å². The third-order valence-electron chi connectivity index (χ3n) is 5.54. The Kier molecular flexibility index (Phi) is 5.35. The van der Waals surface area contributed by atoms with Crippen molar-refractivity contribution in [3.8, 4) is 5.75 Å². The SMILES string of the molecule is Cc1ccccc1OCC1(O)CCN(C(=O)CC2(O)CCCCC2)C1. The molecule has 3 rings (SSSR count). The van der Waals surface area contributed by atoms with E-state index in [1.54, 1.807) is 4.90 Å². The van der Waals surface area contributed by atoms with Gasteiger partial charge >= 0.3 is 0 Å². The molecule has 0 aromatic heterocycles. The summed E-state index contributed by atoms with van der Waals surface area (Å²) < 4.78 is 5.78. The second-order valence-electron chi connectivity index (χ2n) is 7.81. The van der Waals surface area contributed by atoms with Gasteiger partial charge in [0.2, 0.25) is 5.91 Å². The highest BCUT2D eigenvalue weighted by Gasteiger charge is 2.41. The minimum absolute atomic E-state index is 0.0591. The van der Waals surface area contributed by atoms with E-state index in [1.807, 2.05) is 31.2 Å². The fourth-order valence-electron chi connectivity index (χ4n) is 3.90. The van der Waals surface area contributed by atoms with Crippen LogP contribution < -0.4 is 4.74 Å². The van der Waals surface area contributed by atoms with E-state index in [9.17, 15) is 15.0 Å². The predicted molar refractivity (Wildman–Crippen MR) is 95.5 cm³/mol. The number of nitrogens with zero attached hydrogens (tertiary/aromatic N) is 1. The van der Waals surface area contributed by atoms with Gasteiger partial charge in [-0.05, 0) is 37.8 Å². The quantitative estimate of drug-likeness (QED) is 0.858. The van der Waals surface area contributed by atoms with E-state index >= 15 is 0 Å². The molecule has 5 nitrogen and oxygen atoms in total. The number of hydrogen-bond acceptors (Lipinski definition) is 4. The van der Waals surface area contributed by atoms with E-state index < -0.39 is 11.2 Å². The fraction of sp³-hybridized carbons (Fsp3) is 0.650. The van der Waals surface area contributed by atoms with Crippen LogP contribution in [0.25, 0.3) is 0 Å². The Bertz CT molecular complexity index is 611. The third-order valence-corrected chi connectivity index (χ3v) is 5.54. The van der Waals surface area contributed by atoms with Crippen molar-refractivity contribution in [2.75, 3.05) is 19.7 Å². The molecular weight excluding hydrogens is 318 g/mol. The number of aryl methyl sites for hydroxylation is 1. The summed E-state index contributed by atoms with van der Waals surface area (Å²) in [6.45, 7) is 2.93. The van der Waals surface area contributed by atoms with Gasteiger partial charge in [0.1, 0.15) is 18.0 Å². The lowest BCUT2D eigenvalue weighted by atomic mass is 9.82. The summed E-state index contributed by atoms with van der Waals surface area (Å²) in [6.07, 6.45) is 5.18. The van der Waals surface area contributed by atoms with E-state index in [4.69, 9.17) is 4.74 Å². The lowest BCUT2D eigenvalue weighted by Gasteiger charge is -2.33. The minimum atomic E-state index is -1.02. The first-order valence-electron chi connectivity index (χ1n) is 9.30. The van der Waals surface area contributed by atoms with Crippen molar-refractivity contribution < 1.29 is 19.7 Å². The number of amides is 1. The van der Waals surface area contributed by atoms with E-state index in [-0.39, 0.29) is 25.5 Å². The standard InChI is InChI=1S/C20H29NO4/c1-16-7-3-4-8-17(16)25-15-20(24)11-12-21(14-20)18(22)13-19(23)9-5-2-6-10-19/h3-4,7-8,23-24H,2,5-6,9-15H2,1H3. The molecule has 2 aliphatic rings. The Labute approximate surface area is 149 Å². The molecule has 1 atom stereocenters. The number of aliphatic hydroxyl groups is 2. The van der Waals surface area contributed by atoms with Crippen LogP contribution in [0.15, 0.2) is 24.3 Å². The van der Waals surface area contributed by atoms with Crippen LogP contribution in [0, 0.1) is 6.92 Å². The molecule has 1 amide bonds. The number of carbonyl (C=O) groups excluding carboxylic acids is 1. The summed E-state index contributed by atoms with van der Waals surface area (Å²) in [4.78, 5) is 14.2. The van der Waals surface area contributed by atoms with Crippen molar-refractivity contribution in [2.24, 2.45) is 0 Å². The number of β-amino-alcohol motifs (C(OH)–C–C–N with tert-alkyl or cyclic N) is 1. The Morgan fingerprint density at radius 3 is 2.56 bits per heavy atom. The lowest BCUT2D eigenvalue weighted by Crippen LogP contribution is -2.43. The highest BCUT2D eigenvalue weighted by atomic mass is 16.5. The molecule has 0 bridgehead atoms. The second-order valence-corrected chi connectivity index (χ2v) is 7.81. The van der Waals surface area contributed by atoms with Crippen molar-refractivity contribution in [1.82, 2.24) is 4.90 Å². The van der Waals surface area contributed by atoms with Crippen LogP contribution in [-0.4, -0.2) is 51.9 Å². The van der Waals surface area contributed by atoms with Gasteiger partial charge in [-0.1, -0.05) is 37.5 Å². The molecule has 0 radical (unpaired) electrons. The predicted octanol–water partition coefficient (Wildman–Crippen LogP) is 2.42. The fourth-order valence-corrected chi connectivity index (χ4v) is 3.90. The highest BCUT2D eigenvalue weighted by molar-refractivity contribution is 5.77. The topological polar surface area (TPSA) is 70.0 Å². The zero-order chi connectivity index (χ0) is 17.9. The van der Waals surface area contributed by atoms with Crippen LogP contribution in [0.3, 0.4) is 0 Å². The summed E-state index contributed by atoms with van der Waals surface area (Å²) in [5.74, 6) is 0.702. The van der Waals surface area contributed by atoms with E-state index in [0.717, 1.165) is 30.6 Å². The maximum absolute atomic E-state index is 12.5. The van der Waals surface area contributed by atoms with Gasteiger partial charge in [0.05, 0.1) is 18.6 Å². The van der Waals surface area contributed by atoms with E-state index in [2.05, 4.69) is 0 Å². The van der Waals surface area contributed by atoms with Gasteiger partial charge in [-0.25, -0.2) is 0 Å². The minimum Gasteiger partial charge on any atom is -0.490 e. The summed E-state index contributed by atoms with van der Waals surface area (Å²) in [5.41, 5.74) is -0.850. The zero-order valence-electron chi connectivity index (χ0n) is 15.0. The van der Waals surface area contributed by atoms with Crippen molar-refractivity contribution in [3.63, 3.8) is 0 Å². The van der Waals surface area contributed by atoms with Gasteiger partial charge in [-0.15, -0.1) is 0 Å². The molecule has 138 valence electrons. The van der Waals surface area contributed by atoms with Crippen LogP contribution in [0.1, 0.15) is 50.5 Å². The van der Waals surface area contributed by atoms with Crippen molar-refractivity contribution in [1.29, 1.82) is 0 Å². The van der Waals surface area contributed by atoms with Crippen molar-refractivity contribution >= 4 is 5.91 Å². The number of benzene rings is 1. The Morgan fingerprint density at radius 1 is 1.12 bits per heavy atom. The van der Waals surface area contributed by atoms with Crippen LogP contribution in [-0.2, 0) is 4.79 Å². The van der Waals surface area contributed by atoms with Gasteiger partial charge in [0, 0.05) is 6.54 Å². The summed E-state index contributed by atoms with van der Waals surface area (Å²) in [6, 6.07) is 7.70. The Morgan fingerprint density at radius 2 is 1.84 bits per heavy atom. The summed E-state index contributed by atoms with van der Waals surface area (Å²) >= 11 is 0. The molecule has 0 spiro atoms. The van der Waals surface area contributed by atoms with E-state index in [0.29, 0.717) is 25.8 Å². The van der Waals surface area contributed by atoms with Crippen LogP contribution >= 0.6 is 0 Å². The van der Waals surface area contributed by atoms with E-state index in [1.165, 1.54) is 0 Å². The second kappa shape index (κ2) is 7.34. The zero-order valence-corrected chi connectivity index (χ0v) is 15.0. The largest absolute Gasteiger partial charge is 0.490 e. The molecule has 1 aromatic rings. The number of carbonyl (C=O) groups is 1. The molecule has 1 aliphatic heterocycles. The van der Waals surface area contributed by atoms with Gasteiger partial charge in [-0.2, -0.15) is 0 Å². The first kappa shape index (κ1) is 18.2. The molecule has 1 aromatic carbocycles. The van der Waals surface area contributed by atoms with Crippen LogP contribution in [0.4, 0.5) is 0 Å². The molecule has 1 saturated heterocycles. The van der Waals surface area contributed by atoms with Crippen molar-refractivity contribution in [3.05, 3.63) is 29.8 Å². The molecule has 2 fully saturated rings. The normalized spacial score (nSPS) is 25.8. The molecule has 25 heavy (non-hydrogen) atoms. The Balaban J connectivity index is 1.53. The summed E-state index contributed by atoms with van der Waals surface area (Å²) in [7, 11) is 0. The summed E-state index contributed by atoms with van der Waals surface area (Å²) in [5, 5.41) is 21.3. The number of para-hydroxylation sites is 1. The third kappa shape index (κ3) is 4.53. The monoisotopic (exact) mass is 347 g/mol. The molecule has 1 aliphatic carbocycles. The molecule has 1 heterocycles. The molecular formula is C20H29NO4. The number of likely N-dealkylation sites (tertiary alicyclic amines) is 1. The van der Waals surface area contributed by atoms with Gasteiger partial charge in [0.15, 0.2) is 0 Å².